The van der Waals surface area contributed by atoms with Crippen molar-refractivity contribution in [3.8, 4) is 11.1 Å². The minimum atomic E-state index is 0.465. The van der Waals surface area contributed by atoms with Gasteiger partial charge in [-0.1, -0.05) is 59.8 Å². The third-order valence-corrected chi connectivity index (χ3v) is 3.69. The van der Waals surface area contributed by atoms with Crippen LogP contribution < -0.4 is 5.73 Å². The van der Waals surface area contributed by atoms with Crippen molar-refractivity contribution in [2.75, 3.05) is 5.73 Å². The number of rotatable bonds is 4. The molecule has 1 heterocycles. The van der Waals surface area contributed by atoms with Crippen LogP contribution in [0.4, 0.5) is 5.82 Å². The molecular formula is C18H18N2O. The van der Waals surface area contributed by atoms with Crippen LogP contribution in [0.2, 0.25) is 0 Å². The molecule has 3 nitrogen and oxygen atoms in total. The summed E-state index contributed by atoms with van der Waals surface area (Å²) in [5.41, 5.74) is 10.5. The summed E-state index contributed by atoms with van der Waals surface area (Å²) < 4.78 is 5.45. The first-order valence-electron chi connectivity index (χ1n) is 7.09. The number of nitrogens with two attached hydrogens (primary N) is 1. The van der Waals surface area contributed by atoms with Crippen LogP contribution in [0.25, 0.3) is 11.1 Å². The van der Waals surface area contributed by atoms with E-state index in [-0.39, 0.29) is 0 Å². The highest BCUT2D eigenvalue weighted by molar-refractivity contribution is 5.77. The molecule has 3 heteroatoms. The molecule has 21 heavy (non-hydrogen) atoms. The summed E-state index contributed by atoms with van der Waals surface area (Å²) in [4.78, 5) is 0. The van der Waals surface area contributed by atoms with E-state index in [9.17, 15) is 0 Å². The van der Waals surface area contributed by atoms with E-state index in [1.54, 1.807) is 0 Å². The SMILES string of the molecule is Cc1ccccc1-c1c(N)noc1CCc1ccccc1. The number of nitrogen functional groups attached to an aromatic ring is 1. The number of anilines is 1. The molecule has 0 amide bonds. The van der Waals surface area contributed by atoms with Gasteiger partial charge in [0.05, 0.1) is 5.56 Å². The molecule has 2 N–H and O–H groups in total. The number of nitrogens with zero attached hydrogens (tertiary/aromatic N) is 1. The van der Waals surface area contributed by atoms with Gasteiger partial charge in [0.1, 0.15) is 5.76 Å². The normalized spacial score (nSPS) is 10.7. The summed E-state index contributed by atoms with van der Waals surface area (Å²) >= 11 is 0. The van der Waals surface area contributed by atoms with E-state index in [1.165, 1.54) is 11.1 Å². The second kappa shape index (κ2) is 5.83. The fourth-order valence-corrected chi connectivity index (χ4v) is 2.55. The van der Waals surface area contributed by atoms with Crippen LogP contribution in [-0.2, 0) is 12.8 Å². The van der Waals surface area contributed by atoms with E-state index >= 15 is 0 Å². The average molecular weight is 278 g/mol. The third-order valence-electron chi connectivity index (χ3n) is 3.69. The van der Waals surface area contributed by atoms with Crippen LogP contribution in [0.1, 0.15) is 16.9 Å². The van der Waals surface area contributed by atoms with Crippen molar-refractivity contribution in [3.05, 3.63) is 71.5 Å². The van der Waals surface area contributed by atoms with E-state index in [1.807, 2.05) is 30.3 Å². The second-order valence-corrected chi connectivity index (χ2v) is 5.17. The Morgan fingerprint density at radius 2 is 1.67 bits per heavy atom. The standard InChI is InChI=1S/C18H18N2O/c1-13-7-5-6-10-15(13)17-16(21-20-18(17)19)12-11-14-8-3-2-4-9-14/h2-10H,11-12H2,1H3,(H2,19,20). The summed E-state index contributed by atoms with van der Waals surface area (Å²) in [5, 5.41) is 3.95. The number of hydrogen-bond donors (Lipinski definition) is 1. The molecule has 0 unspecified atom stereocenters. The van der Waals surface area contributed by atoms with Crippen molar-refractivity contribution in [1.29, 1.82) is 0 Å². The zero-order valence-corrected chi connectivity index (χ0v) is 12.0. The maximum atomic E-state index is 6.01. The summed E-state index contributed by atoms with van der Waals surface area (Å²) in [6.45, 7) is 2.07. The van der Waals surface area contributed by atoms with E-state index in [2.05, 4.69) is 36.3 Å². The van der Waals surface area contributed by atoms with Gasteiger partial charge in [0, 0.05) is 6.42 Å². The highest BCUT2D eigenvalue weighted by Crippen LogP contribution is 2.32. The molecule has 0 atom stereocenters. The van der Waals surface area contributed by atoms with Crippen LogP contribution in [0.15, 0.2) is 59.1 Å². The molecular weight excluding hydrogens is 260 g/mol. The minimum absolute atomic E-state index is 0.465. The zero-order valence-electron chi connectivity index (χ0n) is 12.0. The van der Waals surface area contributed by atoms with Gasteiger partial charge in [-0.2, -0.15) is 0 Å². The second-order valence-electron chi connectivity index (χ2n) is 5.17. The van der Waals surface area contributed by atoms with Gasteiger partial charge in [-0.25, -0.2) is 0 Å². The number of hydrogen-bond acceptors (Lipinski definition) is 3. The van der Waals surface area contributed by atoms with E-state index in [4.69, 9.17) is 10.3 Å². The Hall–Kier alpha value is -2.55. The number of benzene rings is 2. The first-order chi connectivity index (χ1) is 10.3. The average Bonchev–Trinajstić information content (AvgIpc) is 2.88. The van der Waals surface area contributed by atoms with Crippen LogP contribution in [-0.4, -0.2) is 5.16 Å². The van der Waals surface area contributed by atoms with Gasteiger partial charge in [-0.15, -0.1) is 0 Å². The highest BCUT2D eigenvalue weighted by atomic mass is 16.5. The smallest absolute Gasteiger partial charge is 0.175 e. The van der Waals surface area contributed by atoms with Gasteiger partial charge < -0.3 is 10.3 Å². The summed E-state index contributed by atoms with van der Waals surface area (Å²) in [6.07, 6.45) is 1.70. The Morgan fingerprint density at radius 3 is 2.43 bits per heavy atom. The van der Waals surface area contributed by atoms with Crippen molar-refractivity contribution in [1.82, 2.24) is 5.16 Å². The molecule has 1 aromatic heterocycles. The van der Waals surface area contributed by atoms with Crippen molar-refractivity contribution in [3.63, 3.8) is 0 Å². The molecule has 0 radical (unpaired) electrons. The minimum Gasteiger partial charge on any atom is -0.380 e. The largest absolute Gasteiger partial charge is 0.380 e. The van der Waals surface area contributed by atoms with Gasteiger partial charge in [-0.05, 0) is 30.0 Å². The zero-order chi connectivity index (χ0) is 14.7. The van der Waals surface area contributed by atoms with Gasteiger partial charge in [0.2, 0.25) is 0 Å². The van der Waals surface area contributed by atoms with Gasteiger partial charge >= 0.3 is 0 Å². The molecule has 106 valence electrons. The summed E-state index contributed by atoms with van der Waals surface area (Å²) in [7, 11) is 0. The fourth-order valence-electron chi connectivity index (χ4n) is 2.55. The predicted octanol–water partition coefficient (Wildman–Crippen LogP) is 4.02. The Bertz CT molecular complexity index is 732. The van der Waals surface area contributed by atoms with Gasteiger partial charge in [0.25, 0.3) is 0 Å². The van der Waals surface area contributed by atoms with Gasteiger partial charge in [0.15, 0.2) is 5.82 Å². The Kier molecular flexibility index (Phi) is 3.73. The molecule has 0 saturated heterocycles. The summed E-state index contributed by atoms with van der Waals surface area (Å²) in [5.74, 6) is 1.32. The van der Waals surface area contributed by atoms with Crippen LogP contribution in [0, 0.1) is 6.92 Å². The first-order valence-corrected chi connectivity index (χ1v) is 7.09. The Labute approximate surface area is 124 Å². The van der Waals surface area contributed by atoms with Crippen LogP contribution in [0.3, 0.4) is 0 Å². The maximum absolute atomic E-state index is 6.01. The fraction of sp³-hybridized carbons (Fsp3) is 0.167. The van der Waals surface area contributed by atoms with Crippen molar-refractivity contribution in [2.24, 2.45) is 0 Å². The molecule has 0 saturated carbocycles. The lowest BCUT2D eigenvalue weighted by Crippen LogP contribution is -1.95. The van der Waals surface area contributed by atoms with Gasteiger partial charge in [-0.3, -0.25) is 0 Å². The summed E-state index contributed by atoms with van der Waals surface area (Å²) in [6, 6.07) is 18.5. The molecule has 0 fully saturated rings. The van der Waals surface area contributed by atoms with Crippen molar-refractivity contribution in [2.45, 2.75) is 19.8 Å². The lowest BCUT2D eigenvalue weighted by Gasteiger charge is -2.06. The maximum Gasteiger partial charge on any atom is 0.175 e. The molecule has 0 bridgehead atoms. The lowest BCUT2D eigenvalue weighted by atomic mass is 9.98. The van der Waals surface area contributed by atoms with Crippen LogP contribution >= 0.6 is 0 Å². The molecule has 0 spiro atoms. The van der Waals surface area contributed by atoms with Crippen molar-refractivity contribution < 1.29 is 4.52 Å². The topological polar surface area (TPSA) is 52.0 Å². The predicted molar refractivity (Wildman–Crippen MR) is 84.9 cm³/mol. The number of aromatic nitrogens is 1. The Morgan fingerprint density at radius 1 is 0.952 bits per heavy atom. The molecule has 3 rings (SSSR count). The van der Waals surface area contributed by atoms with E-state index < -0.39 is 0 Å². The highest BCUT2D eigenvalue weighted by Gasteiger charge is 2.17. The third kappa shape index (κ3) is 2.82. The lowest BCUT2D eigenvalue weighted by molar-refractivity contribution is 0.386. The van der Waals surface area contributed by atoms with Crippen LogP contribution in [0.5, 0.6) is 0 Å². The molecule has 0 aliphatic rings. The first kappa shape index (κ1) is 13.4. The molecule has 2 aromatic carbocycles. The van der Waals surface area contributed by atoms with Crippen molar-refractivity contribution >= 4 is 5.82 Å². The molecule has 3 aromatic rings. The molecule has 0 aliphatic carbocycles. The monoisotopic (exact) mass is 278 g/mol. The van der Waals surface area contributed by atoms with E-state index in [0.29, 0.717) is 5.82 Å². The molecule has 0 aliphatic heterocycles. The van der Waals surface area contributed by atoms with E-state index in [0.717, 1.165) is 29.7 Å². The quantitative estimate of drug-likeness (QED) is 0.784. The number of aryl methyl sites for hydroxylation is 3. The Balaban J connectivity index is 1.89.